The number of hydrogen-bond donors (Lipinski definition) is 2. The van der Waals surface area contributed by atoms with Crippen LogP contribution < -0.4 is 16.0 Å². The average Bonchev–Trinajstić information content (AvgIpc) is 2.99. The van der Waals surface area contributed by atoms with Crippen molar-refractivity contribution in [3.8, 4) is 11.1 Å². The maximum absolute atomic E-state index is 14.0. The number of carbonyl (C=O) groups excluding carboxylic acids is 3. The second kappa shape index (κ2) is 11.6. The standard InChI is InChI=1S/C30H31F2N3O3/c1-3-4-11-26(34-17-21(36)15-19-13-14-20(31)16-24(19)32)30(38)35-27-12-7-10-25(33)28(27)23-9-6-5-8-22(23)18(2)29(35)37/h5-10,12-14,16,18,26,34H,3-4,11,15,17,33H2,1-2H3/t18?,26-/m0/s1. The van der Waals surface area contributed by atoms with Crippen LogP contribution in [0, 0.1) is 11.6 Å². The molecule has 0 aromatic heterocycles. The summed E-state index contributed by atoms with van der Waals surface area (Å²) in [6.45, 7) is 3.53. The summed E-state index contributed by atoms with van der Waals surface area (Å²) in [5, 5.41) is 3.00. The zero-order chi connectivity index (χ0) is 27.4. The first kappa shape index (κ1) is 27.1. The van der Waals surface area contributed by atoms with Crippen molar-refractivity contribution in [2.45, 2.75) is 51.5 Å². The van der Waals surface area contributed by atoms with E-state index in [0.717, 1.165) is 29.7 Å². The van der Waals surface area contributed by atoms with E-state index in [9.17, 15) is 23.2 Å². The van der Waals surface area contributed by atoms with Gasteiger partial charge < -0.3 is 5.73 Å². The molecule has 1 unspecified atom stereocenters. The van der Waals surface area contributed by atoms with Crippen molar-refractivity contribution in [2.75, 3.05) is 17.2 Å². The van der Waals surface area contributed by atoms with Gasteiger partial charge in [-0.2, -0.15) is 0 Å². The normalized spacial score (nSPS) is 15.4. The van der Waals surface area contributed by atoms with Crippen molar-refractivity contribution in [2.24, 2.45) is 0 Å². The molecular formula is C30H31F2N3O3. The largest absolute Gasteiger partial charge is 0.398 e. The Kier molecular flexibility index (Phi) is 8.32. The predicted molar refractivity (Wildman–Crippen MR) is 144 cm³/mol. The van der Waals surface area contributed by atoms with E-state index in [0.29, 0.717) is 29.8 Å². The lowest BCUT2D eigenvalue weighted by Crippen LogP contribution is -2.51. The van der Waals surface area contributed by atoms with Gasteiger partial charge in [-0.3, -0.25) is 19.7 Å². The third-order valence-electron chi connectivity index (χ3n) is 6.92. The van der Waals surface area contributed by atoms with E-state index >= 15 is 0 Å². The Morgan fingerprint density at radius 2 is 1.84 bits per heavy atom. The fourth-order valence-corrected chi connectivity index (χ4v) is 4.87. The Morgan fingerprint density at radius 3 is 2.58 bits per heavy atom. The van der Waals surface area contributed by atoms with Gasteiger partial charge >= 0.3 is 0 Å². The summed E-state index contributed by atoms with van der Waals surface area (Å²) in [6.07, 6.45) is 1.64. The number of nitrogens with one attached hydrogen (secondary N) is 1. The number of benzene rings is 3. The lowest BCUT2D eigenvalue weighted by atomic mass is 9.92. The quantitative estimate of drug-likeness (QED) is 0.382. The van der Waals surface area contributed by atoms with E-state index < -0.39 is 29.5 Å². The molecule has 0 aliphatic carbocycles. The number of halogens is 2. The average molecular weight is 520 g/mol. The summed E-state index contributed by atoms with van der Waals surface area (Å²) < 4.78 is 27.2. The summed E-state index contributed by atoms with van der Waals surface area (Å²) in [6, 6.07) is 14.8. The highest BCUT2D eigenvalue weighted by atomic mass is 19.1. The van der Waals surface area contributed by atoms with Gasteiger partial charge in [-0.05, 0) is 48.2 Å². The summed E-state index contributed by atoms with van der Waals surface area (Å²) in [7, 11) is 0. The molecule has 3 aromatic carbocycles. The van der Waals surface area contributed by atoms with Crippen LogP contribution in [-0.2, 0) is 20.8 Å². The number of nitrogens with zero attached hydrogens (tertiary/aromatic N) is 1. The molecule has 4 rings (SSSR count). The van der Waals surface area contributed by atoms with Crippen LogP contribution in [0.25, 0.3) is 11.1 Å². The molecule has 2 atom stereocenters. The minimum Gasteiger partial charge on any atom is -0.398 e. The summed E-state index contributed by atoms with van der Waals surface area (Å²) >= 11 is 0. The first-order valence-electron chi connectivity index (χ1n) is 12.8. The number of nitrogens with two attached hydrogens (primary N) is 1. The van der Waals surface area contributed by atoms with Crippen LogP contribution in [0.1, 0.15) is 50.2 Å². The van der Waals surface area contributed by atoms with E-state index in [1.54, 1.807) is 25.1 Å². The molecule has 0 radical (unpaired) electrons. The highest BCUT2D eigenvalue weighted by molar-refractivity contribution is 6.22. The lowest BCUT2D eigenvalue weighted by Gasteiger charge is -2.28. The molecule has 38 heavy (non-hydrogen) atoms. The van der Waals surface area contributed by atoms with E-state index in [-0.39, 0.29) is 30.2 Å². The van der Waals surface area contributed by atoms with Crippen molar-refractivity contribution in [3.63, 3.8) is 0 Å². The van der Waals surface area contributed by atoms with Crippen molar-refractivity contribution in [1.82, 2.24) is 5.32 Å². The maximum atomic E-state index is 14.0. The molecule has 1 aliphatic rings. The molecule has 8 heteroatoms. The van der Waals surface area contributed by atoms with Crippen molar-refractivity contribution >= 4 is 29.0 Å². The molecule has 2 amide bonds. The topological polar surface area (TPSA) is 92.5 Å². The Labute approximate surface area is 220 Å². The maximum Gasteiger partial charge on any atom is 0.250 e. The molecule has 0 spiro atoms. The number of hydrogen-bond acceptors (Lipinski definition) is 5. The van der Waals surface area contributed by atoms with Crippen molar-refractivity contribution < 1.29 is 23.2 Å². The molecule has 0 bridgehead atoms. The van der Waals surface area contributed by atoms with Gasteiger partial charge in [-0.25, -0.2) is 13.7 Å². The van der Waals surface area contributed by atoms with Crippen LogP contribution in [0.15, 0.2) is 60.7 Å². The predicted octanol–water partition coefficient (Wildman–Crippen LogP) is 5.15. The molecule has 0 saturated carbocycles. The van der Waals surface area contributed by atoms with E-state index in [1.165, 1.54) is 11.0 Å². The van der Waals surface area contributed by atoms with E-state index in [1.807, 2.05) is 31.2 Å². The molecule has 3 N–H and O–H groups in total. The van der Waals surface area contributed by atoms with Crippen LogP contribution >= 0.6 is 0 Å². The monoisotopic (exact) mass is 519 g/mol. The smallest absolute Gasteiger partial charge is 0.250 e. The highest BCUT2D eigenvalue weighted by Gasteiger charge is 2.38. The van der Waals surface area contributed by atoms with Crippen LogP contribution in [0.2, 0.25) is 0 Å². The van der Waals surface area contributed by atoms with Crippen LogP contribution in [0.3, 0.4) is 0 Å². The first-order chi connectivity index (χ1) is 18.2. The van der Waals surface area contributed by atoms with Gasteiger partial charge in [-0.1, -0.05) is 56.2 Å². The van der Waals surface area contributed by atoms with Crippen LogP contribution in [0.4, 0.5) is 20.2 Å². The zero-order valence-electron chi connectivity index (χ0n) is 21.5. The minimum absolute atomic E-state index is 0.0772. The zero-order valence-corrected chi connectivity index (χ0v) is 21.5. The first-order valence-corrected chi connectivity index (χ1v) is 12.8. The number of rotatable bonds is 9. The molecule has 0 fully saturated rings. The molecular weight excluding hydrogens is 488 g/mol. The van der Waals surface area contributed by atoms with E-state index in [2.05, 4.69) is 5.32 Å². The number of Topliss-reactive ketones (excluding diaryl/α,β-unsaturated/α-hetero) is 1. The molecule has 198 valence electrons. The molecule has 1 heterocycles. The highest BCUT2D eigenvalue weighted by Crippen LogP contribution is 2.44. The number of nitrogen functional groups attached to an aromatic ring is 1. The third-order valence-corrected chi connectivity index (χ3v) is 6.92. The molecule has 3 aromatic rings. The Morgan fingerprint density at radius 1 is 1.08 bits per heavy atom. The van der Waals surface area contributed by atoms with Crippen molar-refractivity contribution in [1.29, 1.82) is 0 Å². The van der Waals surface area contributed by atoms with Gasteiger partial charge in [0.2, 0.25) is 5.91 Å². The number of fused-ring (bicyclic) bond motifs is 3. The van der Waals surface area contributed by atoms with Gasteiger partial charge in [0.25, 0.3) is 5.91 Å². The van der Waals surface area contributed by atoms with Gasteiger partial charge in [0.1, 0.15) is 11.6 Å². The molecule has 6 nitrogen and oxygen atoms in total. The fourth-order valence-electron chi connectivity index (χ4n) is 4.87. The number of amides is 2. The van der Waals surface area contributed by atoms with Gasteiger partial charge in [0.15, 0.2) is 5.78 Å². The number of anilines is 2. The number of unbranched alkanes of at least 4 members (excludes halogenated alkanes) is 1. The second-order valence-electron chi connectivity index (χ2n) is 9.59. The Balaban J connectivity index is 1.62. The summed E-state index contributed by atoms with van der Waals surface area (Å²) in [5.74, 6) is -3.34. The summed E-state index contributed by atoms with van der Waals surface area (Å²) in [5.41, 5.74) is 9.49. The fraction of sp³-hybridized carbons (Fsp3) is 0.300. The molecule has 0 saturated heterocycles. The van der Waals surface area contributed by atoms with Crippen molar-refractivity contribution in [3.05, 3.63) is 83.4 Å². The van der Waals surface area contributed by atoms with Crippen LogP contribution in [0.5, 0.6) is 0 Å². The third kappa shape index (κ3) is 5.50. The number of ketones is 1. The van der Waals surface area contributed by atoms with Gasteiger partial charge in [0, 0.05) is 23.7 Å². The number of imide groups is 1. The number of carbonyl (C=O) groups is 3. The Hall–Kier alpha value is -3.91. The SMILES string of the molecule is CCCC[C@H](NCC(=O)Cc1ccc(F)cc1F)C(=O)N1C(=O)C(C)c2ccccc2-c2c(N)cccc21. The van der Waals surface area contributed by atoms with Crippen LogP contribution in [-0.4, -0.2) is 30.2 Å². The lowest BCUT2D eigenvalue weighted by molar-refractivity contribution is -0.128. The second-order valence-corrected chi connectivity index (χ2v) is 9.59. The Bertz CT molecular complexity index is 1370. The molecule has 1 aliphatic heterocycles. The van der Waals surface area contributed by atoms with Gasteiger partial charge in [0.05, 0.1) is 24.2 Å². The minimum atomic E-state index is -0.830. The van der Waals surface area contributed by atoms with Gasteiger partial charge in [-0.15, -0.1) is 0 Å². The van der Waals surface area contributed by atoms with E-state index in [4.69, 9.17) is 5.73 Å². The summed E-state index contributed by atoms with van der Waals surface area (Å²) in [4.78, 5) is 41.6.